The Morgan fingerprint density at radius 2 is 1.75 bits per heavy atom. The number of benzene rings is 1. The van der Waals surface area contributed by atoms with Crippen molar-refractivity contribution in [3.8, 4) is 0 Å². The van der Waals surface area contributed by atoms with Crippen LogP contribution in [0.25, 0.3) is 0 Å². The molecule has 0 saturated heterocycles. The quantitative estimate of drug-likeness (QED) is 0.424. The molecule has 0 radical (unpaired) electrons. The molecular formula is C29H42FN3O3. The minimum Gasteiger partial charge on any atom is -0.383 e. The molecule has 36 heavy (non-hydrogen) atoms. The van der Waals surface area contributed by atoms with E-state index in [1.807, 2.05) is 44.0 Å². The van der Waals surface area contributed by atoms with Crippen molar-refractivity contribution in [1.29, 1.82) is 0 Å². The van der Waals surface area contributed by atoms with Crippen LogP contribution >= 0.6 is 0 Å². The minimum absolute atomic E-state index is 0.0174. The standard InChI is InChI=1S/C29H42FN3O3/c1-29(2,3)19-27(34)32(17-18-36-4)22-28(35)33(25-9-6-5-7-10-25)21-26-11-8-16-31(26)20-23-12-14-24(30)15-13-23/h8,11-16,25H,5-7,9-10,17-22H2,1-4H3. The molecule has 2 amide bonds. The van der Waals surface area contributed by atoms with Crippen LogP contribution in [0.15, 0.2) is 42.6 Å². The van der Waals surface area contributed by atoms with Crippen molar-refractivity contribution < 1.29 is 18.7 Å². The number of carbonyl (C=O) groups excluding carboxylic acids is 2. The zero-order valence-electron chi connectivity index (χ0n) is 22.3. The molecule has 0 aliphatic heterocycles. The zero-order valence-corrected chi connectivity index (χ0v) is 22.3. The van der Waals surface area contributed by atoms with E-state index < -0.39 is 0 Å². The van der Waals surface area contributed by atoms with E-state index >= 15 is 0 Å². The number of ether oxygens (including phenoxy) is 1. The van der Waals surface area contributed by atoms with Crippen LogP contribution < -0.4 is 0 Å². The van der Waals surface area contributed by atoms with Crippen molar-refractivity contribution >= 4 is 11.8 Å². The highest BCUT2D eigenvalue weighted by Crippen LogP contribution is 2.25. The topological polar surface area (TPSA) is 54.8 Å². The van der Waals surface area contributed by atoms with E-state index in [1.165, 1.54) is 18.6 Å². The van der Waals surface area contributed by atoms with Crippen LogP contribution in [0.2, 0.25) is 0 Å². The molecular weight excluding hydrogens is 457 g/mol. The molecule has 0 N–H and O–H groups in total. The second-order valence-electron chi connectivity index (χ2n) is 11.1. The lowest BCUT2D eigenvalue weighted by Gasteiger charge is -2.36. The van der Waals surface area contributed by atoms with E-state index in [1.54, 1.807) is 24.1 Å². The highest BCUT2D eigenvalue weighted by atomic mass is 19.1. The zero-order chi connectivity index (χ0) is 26.1. The molecule has 2 aromatic rings. The predicted octanol–water partition coefficient (Wildman–Crippen LogP) is 5.25. The van der Waals surface area contributed by atoms with Crippen LogP contribution in [-0.2, 0) is 27.4 Å². The lowest BCUT2D eigenvalue weighted by molar-refractivity contribution is -0.144. The summed E-state index contributed by atoms with van der Waals surface area (Å²) in [5.74, 6) is -0.287. The van der Waals surface area contributed by atoms with Gasteiger partial charge in [-0.15, -0.1) is 0 Å². The lowest BCUT2D eigenvalue weighted by atomic mass is 9.91. The third kappa shape index (κ3) is 8.47. The van der Waals surface area contributed by atoms with Crippen molar-refractivity contribution in [2.75, 3.05) is 26.8 Å². The average molecular weight is 500 g/mol. The van der Waals surface area contributed by atoms with Crippen molar-refractivity contribution in [1.82, 2.24) is 14.4 Å². The number of amides is 2. The maximum absolute atomic E-state index is 13.8. The number of carbonyl (C=O) groups is 2. The van der Waals surface area contributed by atoms with E-state index in [-0.39, 0.29) is 35.6 Å². The van der Waals surface area contributed by atoms with Crippen LogP contribution in [0.3, 0.4) is 0 Å². The summed E-state index contributed by atoms with van der Waals surface area (Å²) in [6.07, 6.45) is 7.77. The Morgan fingerprint density at radius 1 is 1.06 bits per heavy atom. The Labute approximate surface area is 215 Å². The molecule has 1 heterocycles. The van der Waals surface area contributed by atoms with Crippen LogP contribution in [-0.4, -0.2) is 59.0 Å². The number of nitrogens with zero attached hydrogens (tertiary/aromatic N) is 3. The Morgan fingerprint density at radius 3 is 2.39 bits per heavy atom. The van der Waals surface area contributed by atoms with E-state index in [4.69, 9.17) is 4.74 Å². The smallest absolute Gasteiger partial charge is 0.242 e. The molecule has 7 heteroatoms. The van der Waals surface area contributed by atoms with Gasteiger partial charge in [0.1, 0.15) is 5.82 Å². The summed E-state index contributed by atoms with van der Waals surface area (Å²) in [5.41, 5.74) is 1.88. The molecule has 0 bridgehead atoms. The fourth-order valence-corrected chi connectivity index (χ4v) is 4.83. The number of hydrogen-bond donors (Lipinski definition) is 0. The largest absolute Gasteiger partial charge is 0.383 e. The molecule has 6 nitrogen and oxygen atoms in total. The molecule has 1 aromatic carbocycles. The molecule has 0 spiro atoms. The maximum atomic E-state index is 13.8. The Kier molecular flexibility index (Phi) is 10.1. The van der Waals surface area contributed by atoms with Gasteiger partial charge in [-0.1, -0.05) is 52.2 Å². The number of aromatic nitrogens is 1. The Bertz CT molecular complexity index is 974. The Hall–Kier alpha value is -2.67. The second kappa shape index (κ2) is 13.0. The summed E-state index contributed by atoms with van der Waals surface area (Å²) >= 11 is 0. The Balaban J connectivity index is 1.78. The molecule has 198 valence electrons. The van der Waals surface area contributed by atoms with E-state index in [2.05, 4.69) is 4.57 Å². The SMILES string of the molecule is COCCN(CC(=O)N(Cc1cccn1Cc1ccc(F)cc1)C1CCCCC1)C(=O)CC(C)(C)C. The van der Waals surface area contributed by atoms with Gasteiger partial charge in [-0.3, -0.25) is 9.59 Å². The molecule has 0 unspecified atom stereocenters. The fourth-order valence-electron chi connectivity index (χ4n) is 4.83. The normalized spacial score (nSPS) is 14.6. The van der Waals surface area contributed by atoms with Crippen LogP contribution in [0.1, 0.15) is 70.6 Å². The van der Waals surface area contributed by atoms with Crippen LogP contribution in [0.5, 0.6) is 0 Å². The first-order chi connectivity index (χ1) is 17.2. The molecule has 1 aliphatic carbocycles. The molecule has 1 fully saturated rings. The van der Waals surface area contributed by atoms with Gasteiger partial charge < -0.3 is 19.1 Å². The summed E-state index contributed by atoms with van der Waals surface area (Å²) in [6.45, 7) is 8.06. The molecule has 1 saturated carbocycles. The third-order valence-electron chi connectivity index (χ3n) is 6.78. The van der Waals surface area contributed by atoms with Gasteiger partial charge in [0.15, 0.2) is 0 Å². The summed E-state index contributed by atoms with van der Waals surface area (Å²) in [5, 5.41) is 0. The predicted molar refractivity (Wildman–Crippen MR) is 140 cm³/mol. The highest BCUT2D eigenvalue weighted by molar-refractivity contribution is 5.85. The maximum Gasteiger partial charge on any atom is 0.242 e. The lowest BCUT2D eigenvalue weighted by Crippen LogP contribution is -2.48. The van der Waals surface area contributed by atoms with Crippen molar-refractivity contribution in [2.45, 2.75) is 78.4 Å². The second-order valence-corrected chi connectivity index (χ2v) is 11.1. The highest BCUT2D eigenvalue weighted by Gasteiger charge is 2.29. The van der Waals surface area contributed by atoms with Gasteiger partial charge in [0.2, 0.25) is 11.8 Å². The summed E-state index contributed by atoms with van der Waals surface area (Å²) in [7, 11) is 1.61. The van der Waals surface area contributed by atoms with Gasteiger partial charge >= 0.3 is 0 Å². The fraction of sp³-hybridized carbons (Fsp3) is 0.586. The first kappa shape index (κ1) is 27.9. The number of halogens is 1. The van der Waals surface area contributed by atoms with Gasteiger partial charge in [-0.05, 0) is 48.1 Å². The van der Waals surface area contributed by atoms with E-state index in [0.29, 0.717) is 32.7 Å². The van der Waals surface area contributed by atoms with Gasteiger partial charge in [-0.25, -0.2) is 4.39 Å². The minimum atomic E-state index is -0.250. The number of methoxy groups -OCH3 is 1. The van der Waals surface area contributed by atoms with Crippen molar-refractivity contribution in [2.24, 2.45) is 5.41 Å². The van der Waals surface area contributed by atoms with E-state index in [0.717, 1.165) is 36.9 Å². The van der Waals surface area contributed by atoms with Gasteiger partial charge in [-0.2, -0.15) is 0 Å². The van der Waals surface area contributed by atoms with Crippen molar-refractivity contribution in [3.05, 3.63) is 59.7 Å². The molecule has 1 aliphatic rings. The summed E-state index contributed by atoms with van der Waals surface area (Å²) in [4.78, 5) is 30.5. The molecule has 3 rings (SSSR count). The summed E-state index contributed by atoms with van der Waals surface area (Å²) < 4.78 is 20.7. The monoisotopic (exact) mass is 499 g/mol. The van der Waals surface area contributed by atoms with Gasteiger partial charge in [0, 0.05) is 44.6 Å². The van der Waals surface area contributed by atoms with E-state index in [9.17, 15) is 14.0 Å². The first-order valence-electron chi connectivity index (χ1n) is 13.1. The first-order valence-corrected chi connectivity index (χ1v) is 13.1. The number of rotatable bonds is 11. The van der Waals surface area contributed by atoms with Crippen molar-refractivity contribution in [3.63, 3.8) is 0 Å². The summed E-state index contributed by atoms with van der Waals surface area (Å²) in [6, 6.07) is 10.7. The van der Waals surface area contributed by atoms with Crippen LogP contribution in [0.4, 0.5) is 4.39 Å². The van der Waals surface area contributed by atoms with Gasteiger partial charge in [0.25, 0.3) is 0 Å². The molecule has 1 aromatic heterocycles. The van der Waals surface area contributed by atoms with Crippen LogP contribution in [0, 0.1) is 11.2 Å². The molecule has 0 atom stereocenters. The van der Waals surface area contributed by atoms with Gasteiger partial charge in [0.05, 0.1) is 19.7 Å². The average Bonchev–Trinajstić information content (AvgIpc) is 3.27. The number of hydrogen-bond acceptors (Lipinski definition) is 3. The third-order valence-corrected chi connectivity index (χ3v) is 6.78.